The minimum atomic E-state index is -0.720. The zero-order valence-electron chi connectivity index (χ0n) is 8.74. The van der Waals surface area contributed by atoms with Crippen molar-refractivity contribution in [1.29, 1.82) is 0 Å². The molecule has 0 spiro atoms. The van der Waals surface area contributed by atoms with E-state index in [0.717, 1.165) is 4.47 Å². The van der Waals surface area contributed by atoms with Crippen LogP contribution < -0.4 is 0 Å². The van der Waals surface area contributed by atoms with Gasteiger partial charge in [0.1, 0.15) is 6.61 Å². The zero-order valence-corrected chi connectivity index (χ0v) is 15.1. The predicted molar refractivity (Wildman–Crippen MR) is 82.3 cm³/mol. The molecule has 0 amide bonds. The summed E-state index contributed by atoms with van der Waals surface area (Å²) >= 11 is 12.8. The van der Waals surface area contributed by atoms with Gasteiger partial charge in [-0.1, -0.05) is 63.7 Å². The molecule has 0 aliphatic carbocycles. The molecular weight excluding hydrogens is 500 g/mol. The first-order chi connectivity index (χ1) is 8.33. The van der Waals surface area contributed by atoms with Gasteiger partial charge >= 0.3 is 11.7 Å². The van der Waals surface area contributed by atoms with Gasteiger partial charge in [-0.05, 0) is 24.3 Å². The van der Waals surface area contributed by atoms with Crippen LogP contribution in [0, 0.1) is 0 Å². The van der Waals surface area contributed by atoms with Crippen molar-refractivity contribution in [3.8, 4) is 0 Å². The maximum absolute atomic E-state index is 11.7. The van der Waals surface area contributed by atoms with E-state index in [-0.39, 0.29) is 12.3 Å². The molecule has 1 aromatic rings. The molecule has 1 rings (SSSR count). The number of hydrogen-bond donors (Lipinski definition) is 0. The highest BCUT2D eigenvalue weighted by Gasteiger charge is 2.28. The largest absolute Gasteiger partial charge is 0.453 e. The summed E-state index contributed by atoms with van der Waals surface area (Å²) in [5, 5.41) is 0. The van der Waals surface area contributed by atoms with Gasteiger partial charge in [-0.25, -0.2) is 4.79 Å². The minimum Gasteiger partial charge on any atom is -0.453 e. The summed E-state index contributed by atoms with van der Waals surface area (Å²) in [5.74, 6) is -0.720. The average Bonchev–Trinajstić information content (AvgIpc) is 2.29. The van der Waals surface area contributed by atoms with Crippen LogP contribution in [-0.4, -0.2) is 25.2 Å². The molecule has 0 aliphatic heterocycles. The SMILES string of the molecule is [N-]=[N+]=C(C(=O)OCC(Br)(Br)Br)c1ccc(Br)cc1. The lowest BCUT2D eigenvalue weighted by molar-refractivity contribution is -0.139. The van der Waals surface area contributed by atoms with E-state index in [1.165, 1.54) is 0 Å². The van der Waals surface area contributed by atoms with Crippen LogP contribution in [-0.2, 0) is 9.53 Å². The van der Waals surface area contributed by atoms with Crippen LogP contribution in [0.1, 0.15) is 5.56 Å². The Morgan fingerprint density at radius 2 is 1.83 bits per heavy atom. The molecule has 0 radical (unpaired) electrons. The van der Waals surface area contributed by atoms with Gasteiger partial charge in [-0.2, -0.15) is 4.79 Å². The van der Waals surface area contributed by atoms with E-state index in [9.17, 15) is 4.79 Å². The Labute approximate surface area is 137 Å². The maximum atomic E-state index is 11.7. The number of rotatable bonds is 3. The fourth-order valence-corrected chi connectivity index (χ4v) is 1.65. The highest BCUT2D eigenvalue weighted by Crippen LogP contribution is 2.33. The summed E-state index contributed by atoms with van der Waals surface area (Å²) in [6.07, 6.45) is 0. The summed E-state index contributed by atoms with van der Waals surface area (Å²) in [6, 6.07) is 6.75. The number of carbonyl (C=O) groups is 1. The Balaban J connectivity index is 2.82. The third kappa shape index (κ3) is 5.32. The molecule has 0 fully saturated rings. The molecule has 0 N–H and O–H groups in total. The number of hydrogen-bond acceptors (Lipinski definition) is 2. The molecule has 1 aromatic carbocycles. The summed E-state index contributed by atoms with van der Waals surface area (Å²) in [6.45, 7) is 0.0153. The van der Waals surface area contributed by atoms with Gasteiger partial charge in [0.2, 0.25) is 0 Å². The third-order valence-corrected chi connectivity index (χ3v) is 2.99. The lowest BCUT2D eigenvalue weighted by Gasteiger charge is -2.10. The third-order valence-electron chi connectivity index (χ3n) is 1.78. The van der Waals surface area contributed by atoms with Gasteiger partial charge in [0.25, 0.3) is 0 Å². The Morgan fingerprint density at radius 3 is 2.28 bits per heavy atom. The molecule has 0 heterocycles. The van der Waals surface area contributed by atoms with E-state index in [1.54, 1.807) is 24.3 Å². The summed E-state index contributed by atoms with van der Waals surface area (Å²) < 4.78 is 5.13. The van der Waals surface area contributed by atoms with E-state index in [1.807, 2.05) is 0 Å². The molecule has 0 bridgehead atoms. The molecule has 0 atom stereocenters. The van der Waals surface area contributed by atoms with Crippen molar-refractivity contribution in [3.63, 3.8) is 0 Å². The van der Waals surface area contributed by atoms with Crippen molar-refractivity contribution in [2.75, 3.05) is 6.61 Å². The molecule has 0 unspecified atom stereocenters. The number of carbonyl (C=O) groups excluding carboxylic acids is 1. The van der Waals surface area contributed by atoms with Crippen molar-refractivity contribution in [2.45, 2.75) is 2.14 Å². The second-order valence-corrected chi connectivity index (χ2v) is 11.3. The second kappa shape index (κ2) is 6.96. The van der Waals surface area contributed by atoms with Crippen molar-refractivity contribution in [2.24, 2.45) is 0 Å². The van der Waals surface area contributed by atoms with E-state index < -0.39 is 8.11 Å². The molecular formula is C10H6Br4N2O2. The Morgan fingerprint density at radius 1 is 1.28 bits per heavy atom. The van der Waals surface area contributed by atoms with Crippen molar-refractivity contribution in [3.05, 3.63) is 39.8 Å². The van der Waals surface area contributed by atoms with Crippen molar-refractivity contribution >= 4 is 75.4 Å². The van der Waals surface area contributed by atoms with E-state index in [4.69, 9.17) is 10.3 Å². The van der Waals surface area contributed by atoms with E-state index in [2.05, 4.69) is 68.5 Å². The zero-order chi connectivity index (χ0) is 13.8. The fraction of sp³-hybridized carbons (Fsp3) is 0.200. The van der Waals surface area contributed by atoms with Gasteiger partial charge in [0.15, 0.2) is 2.14 Å². The first-order valence-corrected chi connectivity index (χ1v) is 7.72. The number of ether oxygens (including phenoxy) is 1. The maximum Gasteiger partial charge on any atom is 0.422 e. The molecule has 4 nitrogen and oxygen atoms in total. The van der Waals surface area contributed by atoms with Crippen molar-refractivity contribution < 1.29 is 14.3 Å². The standard InChI is InChI=1S/C10H6Br4N2O2/c11-7-3-1-6(2-4-7)8(16-15)9(17)18-5-10(12,13)14/h1-4H,5H2. The van der Waals surface area contributed by atoms with Gasteiger partial charge < -0.3 is 10.3 Å². The minimum absolute atomic E-state index is 0.0153. The number of nitrogens with zero attached hydrogens (tertiary/aromatic N) is 2. The lowest BCUT2D eigenvalue weighted by atomic mass is 10.1. The molecule has 8 heteroatoms. The molecule has 0 aromatic heterocycles. The topological polar surface area (TPSA) is 62.7 Å². The summed E-state index contributed by atoms with van der Waals surface area (Å²) in [4.78, 5) is 14.7. The predicted octanol–water partition coefficient (Wildman–Crippen LogP) is 3.85. The van der Waals surface area contributed by atoms with Gasteiger partial charge in [-0.15, -0.1) is 0 Å². The molecule has 96 valence electrons. The van der Waals surface area contributed by atoms with Crippen LogP contribution >= 0.6 is 63.7 Å². The van der Waals surface area contributed by atoms with Crippen molar-refractivity contribution in [1.82, 2.24) is 0 Å². The van der Waals surface area contributed by atoms with Gasteiger partial charge in [-0.3, -0.25) is 0 Å². The van der Waals surface area contributed by atoms with Gasteiger partial charge in [0, 0.05) is 4.47 Å². The summed E-state index contributed by atoms with van der Waals surface area (Å²) in [5.41, 5.74) is 9.20. The van der Waals surface area contributed by atoms with Crippen LogP contribution in [0.2, 0.25) is 0 Å². The second-order valence-electron chi connectivity index (χ2n) is 3.15. The quantitative estimate of drug-likeness (QED) is 0.206. The van der Waals surface area contributed by atoms with Crippen LogP contribution in [0.25, 0.3) is 5.53 Å². The average molecular weight is 506 g/mol. The fourth-order valence-electron chi connectivity index (χ4n) is 1.04. The molecule has 0 aliphatic rings. The Bertz CT molecular complexity index is 490. The van der Waals surface area contributed by atoms with E-state index >= 15 is 0 Å². The monoisotopic (exact) mass is 502 g/mol. The normalized spacial score (nSPS) is 10.7. The smallest absolute Gasteiger partial charge is 0.422 e. The highest BCUT2D eigenvalue weighted by molar-refractivity contribution is 9.39. The molecule has 18 heavy (non-hydrogen) atoms. The Hall–Kier alpha value is -0.0100. The summed E-state index contributed by atoms with van der Waals surface area (Å²) in [7, 11) is 0. The highest BCUT2D eigenvalue weighted by atomic mass is 80.0. The van der Waals surface area contributed by atoms with Crippen LogP contribution in [0.4, 0.5) is 0 Å². The Kier molecular flexibility index (Phi) is 6.20. The van der Waals surface area contributed by atoms with Gasteiger partial charge in [0.05, 0.1) is 5.56 Å². The number of esters is 1. The number of benzene rings is 1. The molecule has 0 saturated heterocycles. The van der Waals surface area contributed by atoms with Crippen LogP contribution in [0.5, 0.6) is 0 Å². The van der Waals surface area contributed by atoms with Crippen LogP contribution in [0.15, 0.2) is 28.7 Å². The molecule has 0 saturated carbocycles. The van der Waals surface area contributed by atoms with E-state index in [0.29, 0.717) is 5.56 Å². The number of halogens is 4. The first-order valence-electron chi connectivity index (χ1n) is 4.55. The van der Waals surface area contributed by atoms with Crippen LogP contribution in [0.3, 0.4) is 0 Å². The first kappa shape index (κ1) is 16.0. The lowest BCUT2D eigenvalue weighted by Crippen LogP contribution is -2.24. The number of alkyl halides is 3.